The first-order chi connectivity index (χ1) is 17.4. The number of hydrogen-bond donors (Lipinski definition) is 2. The molecular formula is C24H28FN7O4. The predicted octanol–water partition coefficient (Wildman–Crippen LogP) is 2.53. The standard InChI is InChI=1S/C22H22FN7O4.C2H6/c1-29-12-15(10-26-29)14-7-18(23)21(25-9-14)28-27-20(31)13-30-4-3-19-17(22(30)32)8-16(11-24-19)34-6-5-33-2;1-2/h3-4,7-12H,5-6,13H2,1-2H3,(H,25,28)(H,27,31);1-2H3. The summed E-state index contributed by atoms with van der Waals surface area (Å²) in [5.41, 5.74) is 6.11. The molecule has 0 saturated carbocycles. The maximum atomic E-state index is 14.4. The lowest BCUT2D eigenvalue weighted by molar-refractivity contribution is -0.121. The van der Waals surface area contributed by atoms with Crippen LogP contribution < -0.4 is 21.1 Å². The molecule has 2 N–H and O–H groups in total. The van der Waals surface area contributed by atoms with E-state index in [9.17, 15) is 14.0 Å². The third kappa shape index (κ3) is 6.42. The van der Waals surface area contributed by atoms with Gasteiger partial charge in [0, 0.05) is 43.9 Å². The normalized spacial score (nSPS) is 10.5. The van der Waals surface area contributed by atoms with E-state index in [-0.39, 0.29) is 12.4 Å². The lowest BCUT2D eigenvalue weighted by atomic mass is 10.1. The number of nitrogens with zero attached hydrogens (tertiary/aromatic N) is 5. The van der Waals surface area contributed by atoms with Crippen molar-refractivity contribution in [3.63, 3.8) is 0 Å². The van der Waals surface area contributed by atoms with E-state index in [1.165, 1.54) is 29.2 Å². The van der Waals surface area contributed by atoms with E-state index in [4.69, 9.17) is 9.47 Å². The van der Waals surface area contributed by atoms with Crippen LogP contribution >= 0.6 is 0 Å². The highest BCUT2D eigenvalue weighted by Crippen LogP contribution is 2.21. The fraction of sp³-hybridized carbons (Fsp3) is 0.292. The molecular weight excluding hydrogens is 469 g/mol. The third-order valence-corrected chi connectivity index (χ3v) is 4.87. The van der Waals surface area contributed by atoms with Crippen LogP contribution in [-0.4, -0.2) is 50.5 Å². The Balaban J connectivity index is 0.00000176. The van der Waals surface area contributed by atoms with Crippen LogP contribution in [0.1, 0.15) is 13.8 Å². The summed E-state index contributed by atoms with van der Waals surface area (Å²) in [5.74, 6) is -0.966. The maximum Gasteiger partial charge on any atom is 0.260 e. The molecule has 0 aliphatic heterocycles. The molecule has 0 fully saturated rings. The molecule has 0 spiro atoms. The Bertz CT molecular complexity index is 1390. The Morgan fingerprint density at radius 3 is 2.61 bits per heavy atom. The Morgan fingerprint density at radius 1 is 1.11 bits per heavy atom. The number of hydrogen-bond acceptors (Lipinski definition) is 8. The first kappa shape index (κ1) is 26.3. The van der Waals surface area contributed by atoms with Gasteiger partial charge in [-0.1, -0.05) is 13.8 Å². The summed E-state index contributed by atoms with van der Waals surface area (Å²) in [4.78, 5) is 33.4. The molecule has 0 radical (unpaired) electrons. The lowest BCUT2D eigenvalue weighted by Gasteiger charge is -2.11. The monoisotopic (exact) mass is 497 g/mol. The number of carbonyl (C=O) groups is 1. The van der Waals surface area contributed by atoms with Gasteiger partial charge >= 0.3 is 0 Å². The van der Waals surface area contributed by atoms with Crippen molar-refractivity contribution in [3.8, 4) is 16.9 Å². The highest BCUT2D eigenvalue weighted by atomic mass is 19.1. The van der Waals surface area contributed by atoms with Crippen LogP contribution in [0.5, 0.6) is 5.75 Å². The van der Waals surface area contributed by atoms with Crippen molar-refractivity contribution in [1.29, 1.82) is 0 Å². The number of carbonyl (C=O) groups excluding carboxylic acids is 1. The fourth-order valence-corrected chi connectivity index (χ4v) is 3.17. The van der Waals surface area contributed by atoms with Gasteiger partial charge in [-0.05, 0) is 18.2 Å². The van der Waals surface area contributed by atoms with Crippen LogP contribution in [0, 0.1) is 5.82 Å². The minimum Gasteiger partial charge on any atom is -0.490 e. The molecule has 12 heteroatoms. The number of rotatable bonds is 9. The fourth-order valence-electron chi connectivity index (χ4n) is 3.17. The quantitative estimate of drug-likeness (QED) is 0.267. The Morgan fingerprint density at radius 2 is 1.92 bits per heavy atom. The summed E-state index contributed by atoms with van der Waals surface area (Å²) in [7, 11) is 3.31. The number of pyridine rings is 3. The molecule has 0 bridgehead atoms. The molecule has 36 heavy (non-hydrogen) atoms. The SMILES string of the molecule is CC.COCCOc1cnc2ccn(CC(=O)NNc3ncc(-c4cnn(C)c4)cc3F)c(=O)c2c1. The first-order valence-electron chi connectivity index (χ1n) is 11.2. The highest BCUT2D eigenvalue weighted by molar-refractivity contribution is 5.80. The van der Waals surface area contributed by atoms with E-state index in [0.717, 1.165) is 0 Å². The number of aromatic nitrogens is 5. The van der Waals surface area contributed by atoms with Crippen LogP contribution in [-0.2, 0) is 23.1 Å². The summed E-state index contributed by atoms with van der Waals surface area (Å²) < 4.78 is 27.7. The second kappa shape index (κ2) is 12.4. The topological polar surface area (TPSA) is 125 Å². The molecule has 4 heterocycles. The molecule has 0 aromatic carbocycles. The number of fused-ring (bicyclic) bond motifs is 1. The van der Waals surface area contributed by atoms with Gasteiger partial charge in [0.25, 0.3) is 11.5 Å². The van der Waals surface area contributed by atoms with Crippen LogP contribution in [0.3, 0.4) is 0 Å². The zero-order chi connectivity index (χ0) is 26.1. The lowest BCUT2D eigenvalue weighted by Crippen LogP contribution is -2.36. The van der Waals surface area contributed by atoms with Crippen molar-refractivity contribution >= 4 is 22.6 Å². The van der Waals surface area contributed by atoms with E-state index in [1.807, 2.05) is 13.8 Å². The Labute approximate surface area is 206 Å². The number of amides is 1. The van der Waals surface area contributed by atoms with E-state index in [1.54, 1.807) is 43.4 Å². The molecule has 4 aromatic heterocycles. The zero-order valence-corrected chi connectivity index (χ0v) is 20.5. The van der Waals surface area contributed by atoms with Crippen LogP contribution in [0.2, 0.25) is 0 Å². The third-order valence-electron chi connectivity index (χ3n) is 4.87. The second-order valence-corrected chi connectivity index (χ2v) is 7.32. The Kier molecular flexibility index (Phi) is 9.06. The molecule has 0 saturated heterocycles. The van der Waals surface area contributed by atoms with Gasteiger partial charge in [-0.25, -0.2) is 9.37 Å². The average Bonchev–Trinajstić information content (AvgIpc) is 3.33. The zero-order valence-electron chi connectivity index (χ0n) is 20.5. The van der Waals surface area contributed by atoms with E-state index in [2.05, 4.69) is 25.9 Å². The molecule has 11 nitrogen and oxygen atoms in total. The molecule has 0 aliphatic rings. The van der Waals surface area contributed by atoms with Gasteiger partial charge in [0.05, 0.1) is 29.9 Å². The minimum atomic E-state index is -0.656. The van der Waals surface area contributed by atoms with Gasteiger partial charge < -0.3 is 14.0 Å². The van der Waals surface area contributed by atoms with Gasteiger partial charge in [0.15, 0.2) is 11.6 Å². The minimum absolute atomic E-state index is 0.158. The molecule has 1 amide bonds. The molecule has 0 aliphatic carbocycles. The van der Waals surface area contributed by atoms with Gasteiger partial charge in [-0.15, -0.1) is 0 Å². The smallest absolute Gasteiger partial charge is 0.260 e. The van der Waals surface area contributed by atoms with E-state index < -0.39 is 17.3 Å². The summed E-state index contributed by atoms with van der Waals surface area (Å²) in [6.45, 7) is 4.41. The van der Waals surface area contributed by atoms with Crippen LogP contribution in [0.15, 0.2) is 54.0 Å². The largest absolute Gasteiger partial charge is 0.490 e. The number of ether oxygens (including phenoxy) is 2. The van der Waals surface area contributed by atoms with Crippen molar-refractivity contribution in [2.24, 2.45) is 7.05 Å². The van der Waals surface area contributed by atoms with Gasteiger partial charge in [0.2, 0.25) is 0 Å². The molecule has 0 unspecified atom stereocenters. The molecule has 0 atom stereocenters. The van der Waals surface area contributed by atoms with Crippen molar-refractivity contribution in [2.75, 3.05) is 25.7 Å². The first-order valence-corrected chi connectivity index (χ1v) is 11.2. The van der Waals surface area contributed by atoms with Gasteiger partial charge in [-0.2, -0.15) is 5.10 Å². The number of nitrogens with one attached hydrogen (secondary N) is 2. The van der Waals surface area contributed by atoms with Crippen molar-refractivity contribution in [3.05, 3.63) is 65.4 Å². The molecule has 190 valence electrons. The van der Waals surface area contributed by atoms with Crippen molar-refractivity contribution in [2.45, 2.75) is 20.4 Å². The number of hydrazine groups is 1. The summed E-state index contributed by atoms with van der Waals surface area (Å²) in [5, 5.41) is 4.34. The number of methoxy groups -OCH3 is 1. The van der Waals surface area contributed by atoms with Gasteiger partial charge in [0.1, 0.15) is 18.9 Å². The number of aryl methyl sites for hydroxylation is 1. The van der Waals surface area contributed by atoms with E-state index in [0.29, 0.717) is 41.0 Å². The summed E-state index contributed by atoms with van der Waals surface area (Å²) in [6, 6.07) is 4.47. The number of halogens is 1. The summed E-state index contributed by atoms with van der Waals surface area (Å²) in [6.07, 6.45) is 7.76. The van der Waals surface area contributed by atoms with Crippen molar-refractivity contribution in [1.82, 2.24) is 29.7 Å². The summed E-state index contributed by atoms with van der Waals surface area (Å²) >= 11 is 0. The van der Waals surface area contributed by atoms with Crippen molar-refractivity contribution < 1.29 is 18.7 Å². The molecule has 4 rings (SSSR count). The highest BCUT2D eigenvalue weighted by Gasteiger charge is 2.12. The average molecular weight is 498 g/mol. The number of anilines is 1. The van der Waals surface area contributed by atoms with E-state index >= 15 is 0 Å². The van der Waals surface area contributed by atoms with Gasteiger partial charge in [-0.3, -0.25) is 30.1 Å². The second-order valence-electron chi connectivity index (χ2n) is 7.32. The Hall–Kier alpha value is -4.32. The predicted molar refractivity (Wildman–Crippen MR) is 133 cm³/mol. The molecule has 4 aromatic rings. The maximum absolute atomic E-state index is 14.4. The van der Waals surface area contributed by atoms with Crippen LogP contribution in [0.25, 0.3) is 22.0 Å². The van der Waals surface area contributed by atoms with Crippen LogP contribution in [0.4, 0.5) is 10.2 Å².